The minimum atomic E-state index is -0.651. The molecule has 6 nitrogen and oxygen atoms in total. The van der Waals surface area contributed by atoms with Gasteiger partial charge >= 0.3 is 0 Å². The first-order valence-electron chi connectivity index (χ1n) is 9.57. The molecule has 0 unspecified atom stereocenters. The first-order valence-corrected chi connectivity index (χ1v) is 9.95. The highest BCUT2D eigenvalue weighted by Crippen LogP contribution is 2.38. The molecule has 3 aromatic carbocycles. The molecule has 1 aliphatic heterocycles. The number of methoxy groups -OCH3 is 2. The monoisotopic (exact) mass is 452 g/mol. The summed E-state index contributed by atoms with van der Waals surface area (Å²) in [7, 11) is 3.01. The Bertz CT molecular complexity index is 1260. The summed E-state index contributed by atoms with van der Waals surface area (Å²) in [6.45, 7) is 0. The van der Waals surface area contributed by atoms with Crippen molar-refractivity contribution in [3.8, 4) is 11.5 Å². The maximum Gasteiger partial charge on any atom is 0.282 e. The first kappa shape index (κ1) is 21.4. The molecule has 4 rings (SSSR count). The van der Waals surface area contributed by atoms with Gasteiger partial charge in [0, 0.05) is 17.3 Å². The van der Waals surface area contributed by atoms with Crippen LogP contribution >= 0.6 is 11.6 Å². The summed E-state index contributed by atoms with van der Waals surface area (Å²) < 4.78 is 24.3. The summed E-state index contributed by atoms with van der Waals surface area (Å²) >= 11 is 5.90. The third kappa shape index (κ3) is 3.78. The minimum Gasteiger partial charge on any atom is -0.497 e. The zero-order valence-corrected chi connectivity index (χ0v) is 17.9. The molecule has 0 atom stereocenters. The molecule has 0 fully saturated rings. The Hall–Kier alpha value is -3.84. The maximum absolute atomic E-state index is 13.7. The summed E-state index contributed by atoms with van der Waals surface area (Å²) in [5.41, 5.74) is 1.31. The molecule has 0 bridgehead atoms. The van der Waals surface area contributed by atoms with Gasteiger partial charge in [-0.25, -0.2) is 9.29 Å². The van der Waals surface area contributed by atoms with Gasteiger partial charge in [-0.1, -0.05) is 35.9 Å². The third-order valence-corrected chi connectivity index (χ3v) is 5.25. The highest BCUT2D eigenvalue weighted by Gasteiger charge is 2.41. The van der Waals surface area contributed by atoms with E-state index in [0.29, 0.717) is 22.7 Å². The summed E-state index contributed by atoms with van der Waals surface area (Å²) in [5, 5.41) is 2.85. The molecule has 32 heavy (non-hydrogen) atoms. The number of carbonyl (C=O) groups is 2. The van der Waals surface area contributed by atoms with E-state index < -0.39 is 17.6 Å². The van der Waals surface area contributed by atoms with Gasteiger partial charge in [0.2, 0.25) is 0 Å². The lowest BCUT2D eigenvalue weighted by Gasteiger charge is -2.16. The number of hydrogen-bond donors (Lipinski definition) is 1. The van der Waals surface area contributed by atoms with E-state index in [1.165, 1.54) is 26.4 Å². The zero-order chi connectivity index (χ0) is 22.8. The van der Waals surface area contributed by atoms with Crippen LogP contribution in [0, 0.1) is 5.82 Å². The second kappa shape index (κ2) is 8.72. The number of amides is 2. The van der Waals surface area contributed by atoms with Crippen molar-refractivity contribution in [3.05, 3.63) is 88.8 Å². The van der Waals surface area contributed by atoms with E-state index in [-0.39, 0.29) is 22.0 Å². The highest BCUT2D eigenvalue weighted by molar-refractivity contribution is 6.46. The van der Waals surface area contributed by atoms with E-state index in [2.05, 4.69) is 5.32 Å². The summed E-state index contributed by atoms with van der Waals surface area (Å²) in [4.78, 5) is 27.9. The molecular formula is C24H18ClFN2O4. The number of hydrogen-bond acceptors (Lipinski definition) is 5. The molecule has 0 saturated carbocycles. The molecule has 0 spiro atoms. The van der Waals surface area contributed by atoms with Crippen LogP contribution in [0.5, 0.6) is 11.5 Å². The van der Waals surface area contributed by atoms with Crippen LogP contribution in [0.2, 0.25) is 5.02 Å². The van der Waals surface area contributed by atoms with Crippen LogP contribution in [-0.4, -0.2) is 26.0 Å². The lowest BCUT2D eigenvalue weighted by atomic mass is 10.0. The minimum absolute atomic E-state index is 0.0493. The lowest BCUT2D eigenvalue weighted by Crippen LogP contribution is -2.32. The van der Waals surface area contributed by atoms with E-state index in [9.17, 15) is 14.0 Å². The molecule has 1 N–H and O–H groups in total. The van der Waals surface area contributed by atoms with E-state index in [4.69, 9.17) is 21.1 Å². The summed E-state index contributed by atoms with van der Waals surface area (Å²) in [6, 6.07) is 17.5. The normalized spacial score (nSPS) is 13.6. The number of carbonyl (C=O) groups excluding carboxylic acids is 2. The smallest absolute Gasteiger partial charge is 0.282 e. The maximum atomic E-state index is 13.7. The molecule has 162 valence electrons. The van der Waals surface area contributed by atoms with Crippen LogP contribution in [0.1, 0.15) is 5.56 Å². The standard InChI is InChI=1S/C24H18ClFN2O4/c1-31-16-7-5-6-14(12-16)27-22-21(17-8-3-4-9-20(17)32-2)23(29)28(24(22)30)15-10-11-19(26)18(25)13-15/h3-13,27H,1-2H3. The van der Waals surface area contributed by atoms with Crippen LogP contribution in [-0.2, 0) is 9.59 Å². The van der Waals surface area contributed by atoms with Gasteiger partial charge in [-0.05, 0) is 36.4 Å². The van der Waals surface area contributed by atoms with Crippen molar-refractivity contribution in [3.63, 3.8) is 0 Å². The Morgan fingerprint density at radius 3 is 2.41 bits per heavy atom. The van der Waals surface area contributed by atoms with Crippen molar-refractivity contribution in [1.29, 1.82) is 0 Å². The molecule has 0 saturated heterocycles. The highest BCUT2D eigenvalue weighted by atomic mass is 35.5. The van der Waals surface area contributed by atoms with Crippen molar-refractivity contribution in [2.75, 3.05) is 24.4 Å². The largest absolute Gasteiger partial charge is 0.497 e. The third-order valence-electron chi connectivity index (χ3n) is 4.96. The number of benzene rings is 3. The Kier molecular flexibility index (Phi) is 5.83. The van der Waals surface area contributed by atoms with Gasteiger partial charge in [-0.3, -0.25) is 9.59 Å². The zero-order valence-electron chi connectivity index (χ0n) is 17.2. The van der Waals surface area contributed by atoms with E-state index in [1.54, 1.807) is 48.5 Å². The molecule has 8 heteroatoms. The number of nitrogens with zero attached hydrogens (tertiary/aromatic N) is 1. The number of halogens is 2. The van der Waals surface area contributed by atoms with Gasteiger partial charge < -0.3 is 14.8 Å². The summed E-state index contributed by atoms with van der Waals surface area (Å²) in [6.07, 6.45) is 0. The Labute approximate surface area is 188 Å². The fraction of sp³-hybridized carbons (Fsp3) is 0.0833. The van der Waals surface area contributed by atoms with E-state index >= 15 is 0 Å². The second-order valence-corrected chi connectivity index (χ2v) is 7.26. The molecule has 2 amide bonds. The SMILES string of the molecule is COc1cccc(NC2=C(c3ccccc3OC)C(=O)N(c3ccc(F)c(Cl)c3)C2=O)c1. The Morgan fingerprint density at radius 2 is 1.69 bits per heavy atom. The van der Waals surface area contributed by atoms with Crippen LogP contribution in [0.3, 0.4) is 0 Å². The Balaban J connectivity index is 1.86. The molecule has 0 aliphatic carbocycles. The predicted molar refractivity (Wildman–Crippen MR) is 120 cm³/mol. The molecule has 1 aliphatic rings. The first-order chi connectivity index (χ1) is 15.4. The van der Waals surface area contributed by atoms with Crippen LogP contribution in [0.15, 0.2) is 72.4 Å². The van der Waals surface area contributed by atoms with Crippen LogP contribution in [0.25, 0.3) is 5.57 Å². The van der Waals surface area contributed by atoms with Gasteiger partial charge in [-0.2, -0.15) is 0 Å². The predicted octanol–water partition coefficient (Wildman–Crippen LogP) is 4.89. The van der Waals surface area contributed by atoms with Crippen LogP contribution in [0.4, 0.5) is 15.8 Å². The fourth-order valence-corrected chi connectivity index (χ4v) is 3.63. The molecule has 0 radical (unpaired) electrons. The lowest BCUT2D eigenvalue weighted by molar-refractivity contribution is -0.120. The molecule has 1 heterocycles. The van der Waals surface area contributed by atoms with Crippen molar-refractivity contribution < 1.29 is 23.5 Å². The number of imide groups is 1. The molecule has 0 aromatic heterocycles. The molecule has 3 aromatic rings. The van der Waals surface area contributed by atoms with Crippen LogP contribution < -0.4 is 19.7 Å². The number of rotatable bonds is 6. The van der Waals surface area contributed by atoms with E-state index in [1.807, 2.05) is 0 Å². The van der Waals surface area contributed by atoms with E-state index in [0.717, 1.165) is 11.0 Å². The number of para-hydroxylation sites is 1. The topological polar surface area (TPSA) is 67.9 Å². The second-order valence-electron chi connectivity index (χ2n) is 6.85. The number of nitrogens with one attached hydrogen (secondary N) is 1. The average molecular weight is 453 g/mol. The molecular weight excluding hydrogens is 435 g/mol. The van der Waals surface area contributed by atoms with Crippen molar-refractivity contribution >= 4 is 40.4 Å². The van der Waals surface area contributed by atoms with Gasteiger partial charge in [0.1, 0.15) is 23.0 Å². The quantitative estimate of drug-likeness (QED) is 0.539. The number of anilines is 2. The van der Waals surface area contributed by atoms with Crippen molar-refractivity contribution in [1.82, 2.24) is 0 Å². The fourth-order valence-electron chi connectivity index (χ4n) is 3.45. The van der Waals surface area contributed by atoms with Gasteiger partial charge in [-0.15, -0.1) is 0 Å². The average Bonchev–Trinajstić information content (AvgIpc) is 3.05. The van der Waals surface area contributed by atoms with Crippen molar-refractivity contribution in [2.24, 2.45) is 0 Å². The van der Waals surface area contributed by atoms with Gasteiger partial charge in [0.05, 0.1) is 30.5 Å². The Morgan fingerprint density at radius 1 is 0.906 bits per heavy atom. The van der Waals surface area contributed by atoms with Gasteiger partial charge in [0.25, 0.3) is 11.8 Å². The van der Waals surface area contributed by atoms with Crippen molar-refractivity contribution in [2.45, 2.75) is 0 Å². The van der Waals surface area contributed by atoms with Gasteiger partial charge in [0.15, 0.2) is 0 Å². The number of ether oxygens (including phenoxy) is 2. The summed E-state index contributed by atoms with van der Waals surface area (Å²) in [5.74, 6) is -0.850.